The van der Waals surface area contributed by atoms with Crippen LogP contribution in [0, 0.1) is 58.9 Å². The van der Waals surface area contributed by atoms with Crippen LogP contribution < -0.4 is 66.4 Å². The fourth-order valence-corrected chi connectivity index (χ4v) is 10.3. The van der Waals surface area contributed by atoms with Crippen LogP contribution >= 0.6 is 60.3 Å². The van der Waals surface area contributed by atoms with E-state index in [4.69, 9.17) is 0 Å². The SMILES string of the molecule is CC1=C(C)[NH+]([O-])N(C)[NH+]1[O-].CC1=C(C)[NH+]([O-])N[NH+]1[O-].CC1C(C)N(C)SN1C.CC1NONC1C.CC1NSN(C)C1C.CC1NSN(C)C1C.CC1NSNC1C.CON1[NH+]([O-])C(C)=C(C)[NH+]1[O-].Cc1nonc1C.Cc1nsnc1C. The number of aromatic nitrogens is 4. The topological polar surface area (TPSA) is 352 Å². The lowest BCUT2D eigenvalue weighted by atomic mass is 10.2. The number of rotatable bonds is 1. The third-order valence-corrected chi connectivity index (χ3v) is 19.8. The number of aryl methyl sites for hydroxylation is 4. The number of nitrogens with one attached hydrogen (secondary N) is 13. The van der Waals surface area contributed by atoms with Gasteiger partial charge in [0.25, 0.3) is 0 Å². The molecule has 16 atom stereocenters. The van der Waals surface area contributed by atoms with Gasteiger partial charge in [-0.05, 0) is 131 Å². The van der Waals surface area contributed by atoms with Crippen molar-refractivity contribution in [2.24, 2.45) is 0 Å². The zero-order chi connectivity index (χ0) is 63.9. The highest BCUT2D eigenvalue weighted by Crippen LogP contribution is 2.29. The Hall–Kier alpha value is -1.76. The first-order valence-corrected chi connectivity index (χ1v) is 30.8. The second-order valence-corrected chi connectivity index (χ2v) is 25.2. The molecule has 8 aliphatic rings. The molecule has 13 N–H and O–H groups in total. The molecule has 2 aromatic rings. The number of hydrogen-bond donors (Lipinski definition) is 13. The predicted octanol–water partition coefficient (Wildman–Crippen LogP) is -1.98. The van der Waals surface area contributed by atoms with E-state index in [2.05, 4.69) is 183 Å². The van der Waals surface area contributed by atoms with Crippen LogP contribution in [0.4, 0.5) is 0 Å². The van der Waals surface area contributed by atoms with Crippen LogP contribution in [0.5, 0.6) is 0 Å². The number of nitrogens with zero attached hydrogens (tertiary/aromatic N) is 10. The number of allylic oxidation sites excluding steroid dienone is 6. The number of hydroxylamine groups is 8. The molecule has 0 spiro atoms. The molecule has 16 unspecified atom stereocenters. The lowest BCUT2D eigenvalue weighted by Crippen LogP contribution is -3.29. The van der Waals surface area contributed by atoms with Gasteiger partial charge in [-0.1, -0.05) is 10.3 Å². The van der Waals surface area contributed by atoms with Crippen LogP contribution in [0.25, 0.3) is 0 Å². The largest absolute Gasteiger partial charge is 0.604 e. The summed E-state index contributed by atoms with van der Waals surface area (Å²) in [4.78, 5) is 9.24. The molecule has 8 aliphatic heterocycles. The average Bonchev–Trinajstić information content (AvgIpc) is 4.52. The molecule has 0 bridgehead atoms. The van der Waals surface area contributed by atoms with E-state index in [1.54, 1.807) is 90.1 Å². The van der Waals surface area contributed by atoms with Gasteiger partial charge in [0.2, 0.25) is 0 Å². The summed E-state index contributed by atoms with van der Waals surface area (Å²) >= 11 is 8.05. The lowest BCUT2D eigenvalue weighted by molar-refractivity contribution is -1.20. The number of hydrogen-bond acceptors (Lipinski definition) is 31. The average molecular weight is 1280 g/mol. The molecule has 37 heteroatoms. The summed E-state index contributed by atoms with van der Waals surface area (Å²) < 4.78 is 34.1. The summed E-state index contributed by atoms with van der Waals surface area (Å²) in [5.41, 5.74) is 14.6. The van der Waals surface area contributed by atoms with Crippen molar-refractivity contribution in [3.8, 4) is 0 Å². The van der Waals surface area contributed by atoms with Gasteiger partial charge in [0.15, 0.2) is 39.5 Å². The number of quaternary nitrogens is 6. The quantitative estimate of drug-likeness (QED) is 0.109. The van der Waals surface area contributed by atoms with Gasteiger partial charge in [-0.2, -0.15) is 30.1 Å². The maximum Gasteiger partial charge on any atom is 0.189 e. The molecule has 0 aliphatic carbocycles. The molecule has 10 rings (SSSR count). The van der Waals surface area contributed by atoms with Crippen LogP contribution in [0.3, 0.4) is 0 Å². The van der Waals surface area contributed by atoms with Gasteiger partial charge in [-0.15, -0.1) is 0 Å². The highest BCUT2D eigenvalue weighted by molar-refractivity contribution is 7.96. The summed E-state index contributed by atoms with van der Waals surface area (Å²) in [6.07, 6.45) is 0. The van der Waals surface area contributed by atoms with Crippen molar-refractivity contribution < 1.29 is 45.4 Å². The molecular weight excluding hydrogens is 1180 g/mol. The first-order valence-electron chi connectivity index (χ1n) is 27.0. The van der Waals surface area contributed by atoms with E-state index in [1.165, 1.54) is 25.9 Å². The van der Waals surface area contributed by atoms with Gasteiger partial charge in [0.1, 0.15) is 11.4 Å². The van der Waals surface area contributed by atoms with Crippen molar-refractivity contribution >= 4 is 60.3 Å². The Morgan fingerprint density at radius 1 is 0.446 bits per heavy atom. The summed E-state index contributed by atoms with van der Waals surface area (Å²) in [6, 6.07) is 6.05. The van der Waals surface area contributed by atoms with E-state index < -0.39 is 0 Å². The summed E-state index contributed by atoms with van der Waals surface area (Å²) in [7, 11) is 11.3. The van der Waals surface area contributed by atoms with Gasteiger partial charge >= 0.3 is 0 Å². The van der Waals surface area contributed by atoms with Crippen molar-refractivity contribution in [3.63, 3.8) is 0 Å². The molecule has 0 amide bonds. The molecule has 2 aromatic heterocycles. The Balaban J connectivity index is 0.000000463. The molecule has 10 heterocycles. The van der Waals surface area contributed by atoms with E-state index >= 15 is 0 Å². The fourth-order valence-electron chi connectivity index (χ4n) is 6.11. The molecule has 0 saturated carbocycles. The van der Waals surface area contributed by atoms with Crippen molar-refractivity contribution in [1.82, 2.24) is 82.1 Å². The van der Waals surface area contributed by atoms with E-state index in [-0.39, 0.29) is 31.0 Å². The molecule has 0 radical (unpaired) electrons. The Bertz CT molecular complexity index is 2040. The summed E-state index contributed by atoms with van der Waals surface area (Å²) in [5, 5.41) is 72.6. The highest BCUT2D eigenvalue weighted by atomic mass is 32.2. The summed E-state index contributed by atoms with van der Waals surface area (Å²) in [6.45, 7) is 39.2. The van der Waals surface area contributed by atoms with Crippen LogP contribution in [0.2, 0.25) is 0 Å². The van der Waals surface area contributed by atoms with Crippen molar-refractivity contribution in [2.75, 3.05) is 42.3 Å². The van der Waals surface area contributed by atoms with Gasteiger partial charge in [-0.25, -0.2) is 71.2 Å². The minimum Gasteiger partial charge on any atom is -0.604 e. The van der Waals surface area contributed by atoms with Crippen LogP contribution in [-0.2, 0) is 9.78 Å². The first-order chi connectivity index (χ1) is 38.5. The second kappa shape index (κ2) is 39.3. The van der Waals surface area contributed by atoms with Gasteiger partial charge in [0, 0.05) is 156 Å². The summed E-state index contributed by atoms with van der Waals surface area (Å²) in [5.74, 6) is 0. The Labute approximate surface area is 514 Å². The third kappa shape index (κ3) is 25.7. The van der Waals surface area contributed by atoms with Gasteiger partial charge < -0.3 is 31.2 Å². The molecule has 83 heavy (non-hydrogen) atoms. The fraction of sp³-hybridized carbons (Fsp3) is 0.783. The van der Waals surface area contributed by atoms with E-state index in [0.717, 1.165) is 33.2 Å². The van der Waals surface area contributed by atoms with Crippen LogP contribution in [0.1, 0.15) is 134 Å². The molecule has 484 valence electrons. The van der Waals surface area contributed by atoms with Gasteiger partial charge in [0.05, 0.1) is 37.3 Å². The Morgan fingerprint density at radius 2 is 0.795 bits per heavy atom. The molecular formula is C46H101N23O9S5. The van der Waals surface area contributed by atoms with Crippen molar-refractivity contribution in [2.45, 2.75) is 199 Å². The molecule has 32 nitrogen and oxygen atoms in total. The third-order valence-electron chi connectivity index (χ3n) is 14.7. The van der Waals surface area contributed by atoms with Crippen LogP contribution in [-0.4, -0.2) is 149 Å². The van der Waals surface area contributed by atoms with Crippen molar-refractivity contribution in [3.05, 3.63) is 88.2 Å². The Kier molecular flexibility index (Phi) is 37.5. The molecule has 5 saturated heterocycles. The van der Waals surface area contributed by atoms with Crippen molar-refractivity contribution in [1.29, 1.82) is 0 Å². The van der Waals surface area contributed by atoms with E-state index in [9.17, 15) is 31.2 Å². The van der Waals surface area contributed by atoms with Gasteiger partial charge in [-0.3, -0.25) is 0 Å². The van der Waals surface area contributed by atoms with E-state index in [0.29, 0.717) is 94.6 Å². The molecule has 5 fully saturated rings. The smallest absolute Gasteiger partial charge is 0.189 e. The first kappa shape index (κ1) is 79.3. The maximum atomic E-state index is 11.1. The normalized spacial score (nSPS) is 33.5. The number of likely N-dealkylation sites (N-methyl/N-ethyl adjacent to an activating group) is 4. The standard InChI is InChI=1S/C6H14N2S.C5H11N3O3.C5H11N3O2.2C5H12N2S.C4H9N3O2.C4H10N2O.C4H6N2O.C4H10N2S.C4H6N2S/c1-5-6(2)8(4)9-7(5)3;1-4-5(2)7(10)8(11-3)6(4)9;1-4-5(2)8(10)6(3)7(4)9;2*1-4-5(2)7(3)8-6-4;1-3-4(2)7(9)5-6(3)8;4*1-3-4(2)6-7-5-3/h5-6H,1-4H3;6-7H,1-3H3;7-8H,1-3H3;2*4-6H,1-3H3;5-7H,1-2H3;3-6H,1-2H3;1-2H3;3-6H,1-2H3;1-2H3. The monoisotopic (exact) mass is 1280 g/mol. The van der Waals surface area contributed by atoms with E-state index in [1.807, 2.05) is 27.7 Å². The maximum absolute atomic E-state index is 11.1. The second-order valence-electron chi connectivity index (χ2n) is 20.7. The molecule has 0 aromatic carbocycles. The highest BCUT2D eigenvalue weighted by Gasteiger charge is 2.35. The zero-order valence-corrected chi connectivity index (χ0v) is 57.5. The Morgan fingerprint density at radius 3 is 0.916 bits per heavy atom. The zero-order valence-electron chi connectivity index (χ0n) is 53.5. The lowest BCUT2D eigenvalue weighted by Gasteiger charge is -2.26. The minimum atomic E-state index is -0.366. The predicted molar refractivity (Wildman–Crippen MR) is 330 cm³/mol. The minimum absolute atomic E-state index is 0.178. The van der Waals surface area contributed by atoms with Crippen LogP contribution in [0.15, 0.2) is 38.8 Å².